The van der Waals surface area contributed by atoms with Gasteiger partial charge in [0, 0.05) is 16.0 Å². The van der Waals surface area contributed by atoms with Gasteiger partial charge < -0.3 is 10.1 Å². The molecular formula is C17H16ClN3OS2. The molecule has 0 bridgehead atoms. The lowest BCUT2D eigenvalue weighted by Crippen LogP contribution is -1.89. The van der Waals surface area contributed by atoms with Crippen LogP contribution in [0, 0.1) is 0 Å². The van der Waals surface area contributed by atoms with Crippen molar-refractivity contribution >= 4 is 45.5 Å². The molecule has 0 saturated carbocycles. The number of benzene rings is 2. The van der Waals surface area contributed by atoms with Gasteiger partial charge in [0.05, 0.1) is 7.11 Å². The third-order valence-corrected chi connectivity index (χ3v) is 5.78. The summed E-state index contributed by atoms with van der Waals surface area (Å²) in [5, 5.41) is 13.4. The number of hydrogen-bond acceptors (Lipinski definition) is 6. The molecule has 2 aromatic carbocycles. The molecule has 0 saturated heterocycles. The van der Waals surface area contributed by atoms with E-state index >= 15 is 0 Å². The molecular weight excluding hydrogens is 362 g/mol. The van der Waals surface area contributed by atoms with Crippen molar-refractivity contribution in [2.24, 2.45) is 0 Å². The molecule has 0 amide bonds. The highest BCUT2D eigenvalue weighted by Crippen LogP contribution is 2.40. The van der Waals surface area contributed by atoms with Crippen molar-refractivity contribution in [1.82, 2.24) is 10.2 Å². The van der Waals surface area contributed by atoms with Gasteiger partial charge in [-0.15, -0.1) is 10.2 Å². The van der Waals surface area contributed by atoms with Gasteiger partial charge in [0.25, 0.3) is 0 Å². The van der Waals surface area contributed by atoms with Crippen LogP contribution in [0.2, 0.25) is 5.02 Å². The van der Waals surface area contributed by atoms with Crippen LogP contribution in [0.5, 0.6) is 5.75 Å². The Morgan fingerprint density at radius 1 is 1.12 bits per heavy atom. The zero-order valence-corrected chi connectivity index (χ0v) is 15.6. The minimum atomic E-state index is 0.209. The minimum Gasteiger partial charge on any atom is -0.497 e. The number of halogens is 1. The van der Waals surface area contributed by atoms with E-state index in [1.165, 1.54) is 11.3 Å². The number of methoxy groups -OCH3 is 1. The first-order valence-corrected chi connectivity index (χ1v) is 9.39. The first-order valence-electron chi connectivity index (χ1n) is 7.31. The van der Waals surface area contributed by atoms with Crippen LogP contribution >= 0.6 is 34.7 Å². The van der Waals surface area contributed by atoms with E-state index < -0.39 is 0 Å². The summed E-state index contributed by atoms with van der Waals surface area (Å²) in [6, 6.07) is 15.6. The molecule has 24 heavy (non-hydrogen) atoms. The minimum absolute atomic E-state index is 0.209. The van der Waals surface area contributed by atoms with Crippen molar-refractivity contribution in [1.29, 1.82) is 0 Å². The highest BCUT2D eigenvalue weighted by molar-refractivity contribution is 8.01. The molecule has 1 heterocycles. The van der Waals surface area contributed by atoms with Gasteiger partial charge in [-0.1, -0.05) is 52.9 Å². The molecule has 0 unspecified atom stereocenters. The molecule has 7 heteroatoms. The van der Waals surface area contributed by atoms with Crippen LogP contribution in [0.4, 0.5) is 10.8 Å². The zero-order valence-electron chi connectivity index (χ0n) is 13.2. The van der Waals surface area contributed by atoms with E-state index in [4.69, 9.17) is 16.3 Å². The number of hydrogen-bond donors (Lipinski definition) is 1. The summed E-state index contributed by atoms with van der Waals surface area (Å²) in [6.45, 7) is 2.11. The fourth-order valence-electron chi connectivity index (χ4n) is 2.13. The van der Waals surface area contributed by atoms with E-state index in [0.29, 0.717) is 0 Å². The van der Waals surface area contributed by atoms with Crippen LogP contribution < -0.4 is 10.1 Å². The van der Waals surface area contributed by atoms with Crippen molar-refractivity contribution in [3.63, 3.8) is 0 Å². The Balaban J connectivity index is 1.65. The number of thioether (sulfide) groups is 1. The Bertz CT molecular complexity index is 808. The van der Waals surface area contributed by atoms with Gasteiger partial charge >= 0.3 is 0 Å². The number of aromatic nitrogens is 2. The summed E-state index contributed by atoms with van der Waals surface area (Å²) < 4.78 is 6.05. The summed E-state index contributed by atoms with van der Waals surface area (Å²) in [5.41, 5.74) is 2.05. The summed E-state index contributed by atoms with van der Waals surface area (Å²) in [4.78, 5) is 0. The Kier molecular flexibility index (Phi) is 5.60. The molecule has 3 aromatic rings. The predicted molar refractivity (Wildman–Crippen MR) is 102 cm³/mol. The van der Waals surface area contributed by atoms with E-state index in [1.807, 2.05) is 48.5 Å². The van der Waals surface area contributed by atoms with Gasteiger partial charge in [0.1, 0.15) is 5.75 Å². The molecule has 4 nitrogen and oxygen atoms in total. The van der Waals surface area contributed by atoms with Crippen LogP contribution in [0.15, 0.2) is 52.9 Å². The van der Waals surface area contributed by atoms with Crippen molar-refractivity contribution < 1.29 is 4.74 Å². The monoisotopic (exact) mass is 377 g/mol. The third-order valence-electron chi connectivity index (χ3n) is 3.37. The average Bonchev–Trinajstić information content (AvgIpc) is 3.02. The lowest BCUT2D eigenvalue weighted by molar-refractivity contribution is 0.415. The number of nitrogens with one attached hydrogen (secondary N) is 1. The smallest absolute Gasteiger partial charge is 0.210 e. The van der Waals surface area contributed by atoms with Crippen molar-refractivity contribution in [3.05, 3.63) is 59.1 Å². The van der Waals surface area contributed by atoms with E-state index in [1.54, 1.807) is 18.9 Å². The van der Waals surface area contributed by atoms with Gasteiger partial charge in [0.2, 0.25) is 5.13 Å². The Morgan fingerprint density at radius 2 is 1.88 bits per heavy atom. The van der Waals surface area contributed by atoms with Gasteiger partial charge in [-0.2, -0.15) is 0 Å². The Labute approximate surface area is 154 Å². The zero-order chi connectivity index (χ0) is 16.9. The molecule has 0 aliphatic rings. The molecule has 1 N–H and O–H groups in total. The first-order chi connectivity index (χ1) is 11.7. The summed E-state index contributed by atoms with van der Waals surface area (Å²) in [5.74, 6) is 0.822. The van der Waals surface area contributed by atoms with Crippen LogP contribution in [0.1, 0.15) is 17.7 Å². The number of ether oxygens (including phenoxy) is 1. The average molecular weight is 378 g/mol. The second-order valence-electron chi connectivity index (χ2n) is 5.01. The molecule has 3 rings (SSSR count). The quantitative estimate of drug-likeness (QED) is 0.550. The second-order valence-corrected chi connectivity index (χ2v) is 7.98. The van der Waals surface area contributed by atoms with E-state index in [2.05, 4.69) is 22.4 Å². The number of rotatable bonds is 6. The maximum Gasteiger partial charge on any atom is 0.210 e. The van der Waals surface area contributed by atoms with Crippen LogP contribution in [-0.2, 0) is 0 Å². The molecule has 124 valence electrons. The highest BCUT2D eigenvalue weighted by atomic mass is 35.5. The lowest BCUT2D eigenvalue weighted by Gasteiger charge is -2.10. The molecule has 1 aromatic heterocycles. The maximum atomic E-state index is 6.25. The summed E-state index contributed by atoms with van der Waals surface area (Å²) in [6.07, 6.45) is 0. The highest BCUT2D eigenvalue weighted by Gasteiger charge is 2.14. The van der Waals surface area contributed by atoms with Crippen molar-refractivity contribution in [2.45, 2.75) is 16.5 Å². The Morgan fingerprint density at radius 3 is 2.58 bits per heavy atom. The van der Waals surface area contributed by atoms with Gasteiger partial charge in [-0.25, -0.2) is 0 Å². The maximum absolute atomic E-state index is 6.25. The SMILES string of the molecule is COc1ccc(Nc2nnc(S[C@@H](C)c3ccccc3Cl)s2)cc1. The molecule has 1 atom stereocenters. The van der Waals surface area contributed by atoms with Crippen LogP contribution in [0.3, 0.4) is 0 Å². The van der Waals surface area contributed by atoms with Crippen LogP contribution in [0.25, 0.3) is 0 Å². The standard InChI is InChI=1S/C17H16ClN3OS2/c1-11(14-5-3-4-6-15(14)18)23-17-21-20-16(24-17)19-12-7-9-13(22-2)10-8-12/h3-11H,1-2H3,(H,19,20)/t11-/m0/s1. The molecule has 0 spiro atoms. The number of anilines is 2. The topological polar surface area (TPSA) is 47.0 Å². The first kappa shape index (κ1) is 17.1. The normalized spacial score (nSPS) is 12.0. The van der Waals surface area contributed by atoms with Gasteiger partial charge in [0.15, 0.2) is 4.34 Å². The van der Waals surface area contributed by atoms with Crippen molar-refractivity contribution in [3.8, 4) is 5.75 Å². The van der Waals surface area contributed by atoms with Gasteiger partial charge in [-0.3, -0.25) is 0 Å². The predicted octanol–water partition coefficient (Wildman–Crippen LogP) is 5.80. The number of nitrogens with zero attached hydrogens (tertiary/aromatic N) is 2. The van der Waals surface area contributed by atoms with Crippen molar-refractivity contribution in [2.75, 3.05) is 12.4 Å². The van der Waals surface area contributed by atoms with Gasteiger partial charge in [-0.05, 0) is 42.8 Å². The molecule has 0 fully saturated rings. The second kappa shape index (κ2) is 7.88. The summed E-state index contributed by atoms with van der Waals surface area (Å²) >= 11 is 9.42. The van der Waals surface area contributed by atoms with E-state index in [0.717, 1.165) is 31.5 Å². The fraction of sp³-hybridized carbons (Fsp3) is 0.176. The van der Waals surface area contributed by atoms with E-state index in [9.17, 15) is 0 Å². The lowest BCUT2D eigenvalue weighted by atomic mass is 10.2. The molecule has 0 radical (unpaired) electrons. The third kappa shape index (κ3) is 4.20. The summed E-state index contributed by atoms with van der Waals surface area (Å²) in [7, 11) is 1.65. The largest absolute Gasteiger partial charge is 0.497 e. The Hall–Kier alpha value is -1.76. The fourth-order valence-corrected chi connectivity index (χ4v) is 4.57. The van der Waals surface area contributed by atoms with E-state index in [-0.39, 0.29) is 5.25 Å². The van der Waals surface area contributed by atoms with Crippen LogP contribution in [-0.4, -0.2) is 17.3 Å². The molecule has 0 aliphatic heterocycles. The molecule has 0 aliphatic carbocycles.